The quantitative estimate of drug-likeness (QED) is 0.913. The molecule has 0 atom stereocenters. The maximum Gasteiger partial charge on any atom is 0.254 e. The number of fused-ring (bicyclic) bond motifs is 1. The minimum absolute atomic E-state index is 0.0914. The third-order valence-corrected chi connectivity index (χ3v) is 5.09. The van der Waals surface area contributed by atoms with Crippen LogP contribution in [0.3, 0.4) is 0 Å². The van der Waals surface area contributed by atoms with Crippen molar-refractivity contribution in [3.05, 3.63) is 59.4 Å². The average Bonchev–Trinajstić information content (AvgIpc) is 2.67. The zero-order valence-corrected chi connectivity index (χ0v) is 14.2. The van der Waals surface area contributed by atoms with Gasteiger partial charge in [-0.25, -0.2) is 4.39 Å². The summed E-state index contributed by atoms with van der Waals surface area (Å²) in [5.74, 6) is -0.112. The topological polar surface area (TPSA) is 35.6 Å². The van der Waals surface area contributed by atoms with Crippen molar-refractivity contribution in [3.63, 3.8) is 0 Å². The van der Waals surface area contributed by atoms with Gasteiger partial charge in [-0.3, -0.25) is 4.79 Å². The SMILES string of the molecule is O=C(c1cccc2c1CCCN2)N1CCN(c2ccccc2F)CC1. The summed E-state index contributed by atoms with van der Waals surface area (Å²) in [6.45, 7) is 3.50. The Morgan fingerprint density at radius 2 is 1.80 bits per heavy atom. The monoisotopic (exact) mass is 339 g/mol. The Hall–Kier alpha value is -2.56. The molecule has 130 valence electrons. The van der Waals surface area contributed by atoms with E-state index < -0.39 is 0 Å². The molecule has 4 rings (SSSR count). The number of benzene rings is 2. The number of halogens is 1. The van der Waals surface area contributed by atoms with Gasteiger partial charge in [0.25, 0.3) is 5.91 Å². The van der Waals surface area contributed by atoms with E-state index in [1.54, 1.807) is 12.1 Å². The number of anilines is 2. The minimum Gasteiger partial charge on any atom is -0.385 e. The highest BCUT2D eigenvalue weighted by molar-refractivity contribution is 5.97. The van der Waals surface area contributed by atoms with Crippen molar-refractivity contribution in [2.75, 3.05) is 42.9 Å². The highest BCUT2D eigenvalue weighted by Gasteiger charge is 2.26. The first kappa shape index (κ1) is 15.9. The van der Waals surface area contributed by atoms with Gasteiger partial charge in [-0.1, -0.05) is 18.2 Å². The molecule has 0 aromatic heterocycles. The molecule has 0 spiro atoms. The molecule has 2 aromatic rings. The Bertz CT molecular complexity index is 784. The molecule has 0 radical (unpaired) electrons. The summed E-state index contributed by atoms with van der Waals surface area (Å²) in [5.41, 5.74) is 3.65. The third kappa shape index (κ3) is 3.06. The molecular weight excluding hydrogens is 317 g/mol. The molecule has 0 aliphatic carbocycles. The van der Waals surface area contributed by atoms with E-state index in [1.165, 1.54) is 6.07 Å². The van der Waals surface area contributed by atoms with Crippen LogP contribution in [-0.4, -0.2) is 43.5 Å². The summed E-state index contributed by atoms with van der Waals surface area (Å²) < 4.78 is 14.0. The molecule has 2 aromatic carbocycles. The Morgan fingerprint density at radius 1 is 1.00 bits per heavy atom. The first-order chi connectivity index (χ1) is 12.2. The Labute approximate surface area is 147 Å². The van der Waals surface area contributed by atoms with Gasteiger partial charge in [-0.15, -0.1) is 0 Å². The Kier molecular flexibility index (Phi) is 4.30. The molecule has 2 heterocycles. The molecule has 5 heteroatoms. The number of nitrogens with one attached hydrogen (secondary N) is 1. The highest BCUT2D eigenvalue weighted by atomic mass is 19.1. The van der Waals surface area contributed by atoms with E-state index in [4.69, 9.17) is 0 Å². The molecular formula is C20H22FN3O. The van der Waals surface area contributed by atoms with Crippen molar-refractivity contribution in [3.8, 4) is 0 Å². The van der Waals surface area contributed by atoms with Crippen molar-refractivity contribution < 1.29 is 9.18 Å². The molecule has 0 saturated carbocycles. The Balaban J connectivity index is 1.48. The van der Waals surface area contributed by atoms with E-state index in [2.05, 4.69) is 5.32 Å². The van der Waals surface area contributed by atoms with Crippen molar-refractivity contribution in [2.24, 2.45) is 0 Å². The van der Waals surface area contributed by atoms with Gasteiger partial charge in [0.05, 0.1) is 5.69 Å². The number of hydrogen-bond donors (Lipinski definition) is 1. The second-order valence-electron chi connectivity index (χ2n) is 6.59. The van der Waals surface area contributed by atoms with E-state index in [0.717, 1.165) is 36.2 Å². The van der Waals surface area contributed by atoms with E-state index in [0.29, 0.717) is 31.9 Å². The normalized spacial score (nSPS) is 17.0. The lowest BCUT2D eigenvalue weighted by Crippen LogP contribution is -2.49. The summed E-state index contributed by atoms with van der Waals surface area (Å²) in [6, 6.07) is 12.7. The number of nitrogens with zero attached hydrogens (tertiary/aromatic N) is 2. The van der Waals surface area contributed by atoms with Crippen molar-refractivity contribution in [1.82, 2.24) is 4.90 Å². The average molecular weight is 339 g/mol. The summed E-state index contributed by atoms with van der Waals surface area (Å²) in [7, 11) is 0. The Morgan fingerprint density at radius 3 is 2.60 bits per heavy atom. The number of amides is 1. The van der Waals surface area contributed by atoms with Crippen molar-refractivity contribution >= 4 is 17.3 Å². The van der Waals surface area contributed by atoms with Crippen LogP contribution in [0.2, 0.25) is 0 Å². The van der Waals surface area contributed by atoms with Gasteiger partial charge >= 0.3 is 0 Å². The lowest BCUT2D eigenvalue weighted by Gasteiger charge is -2.36. The lowest BCUT2D eigenvalue weighted by molar-refractivity contribution is 0.0745. The number of rotatable bonds is 2. The zero-order valence-electron chi connectivity index (χ0n) is 14.2. The smallest absolute Gasteiger partial charge is 0.254 e. The van der Waals surface area contributed by atoms with Crippen LogP contribution >= 0.6 is 0 Å². The minimum atomic E-state index is -0.203. The van der Waals surface area contributed by atoms with E-state index in [9.17, 15) is 9.18 Å². The molecule has 2 aliphatic heterocycles. The molecule has 1 fully saturated rings. The number of carbonyl (C=O) groups is 1. The number of piperazine rings is 1. The maximum absolute atomic E-state index is 14.0. The zero-order chi connectivity index (χ0) is 17.2. The molecule has 1 N–H and O–H groups in total. The van der Waals surface area contributed by atoms with Gasteiger partial charge in [-0.05, 0) is 42.7 Å². The molecule has 2 aliphatic rings. The highest BCUT2D eigenvalue weighted by Crippen LogP contribution is 2.27. The fraction of sp³-hybridized carbons (Fsp3) is 0.350. The van der Waals surface area contributed by atoms with Crippen LogP contribution in [0.5, 0.6) is 0 Å². The van der Waals surface area contributed by atoms with Gasteiger partial charge in [0.15, 0.2) is 0 Å². The second kappa shape index (κ2) is 6.75. The number of carbonyl (C=O) groups excluding carboxylic acids is 1. The van der Waals surface area contributed by atoms with Crippen LogP contribution in [0.4, 0.5) is 15.8 Å². The van der Waals surface area contributed by atoms with E-state index >= 15 is 0 Å². The van der Waals surface area contributed by atoms with E-state index in [-0.39, 0.29) is 11.7 Å². The summed E-state index contributed by atoms with van der Waals surface area (Å²) in [5, 5.41) is 3.37. The van der Waals surface area contributed by atoms with Crippen LogP contribution in [0.15, 0.2) is 42.5 Å². The summed E-state index contributed by atoms with van der Waals surface area (Å²) >= 11 is 0. The fourth-order valence-electron chi connectivity index (χ4n) is 3.74. The van der Waals surface area contributed by atoms with Crippen LogP contribution in [0, 0.1) is 5.82 Å². The third-order valence-electron chi connectivity index (χ3n) is 5.09. The molecule has 4 nitrogen and oxygen atoms in total. The van der Waals surface area contributed by atoms with Gasteiger partial charge < -0.3 is 15.1 Å². The first-order valence-corrected chi connectivity index (χ1v) is 8.88. The maximum atomic E-state index is 14.0. The van der Waals surface area contributed by atoms with Crippen LogP contribution in [0.1, 0.15) is 22.3 Å². The predicted molar refractivity (Wildman–Crippen MR) is 97.8 cm³/mol. The van der Waals surface area contributed by atoms with Crippen LogP contribution < -0.4 is 10.2 Å². The first-order valence-electron chi connectivity index (χ1n) is 8.88. The molecule has 1 amide bonds. The molecule has 0 bridgehead atoms. The lowest BCUT2D eigenvalue weighted by atomic mass is 9.96. The van der Waals surface area contributed by atoms with Crippen LogP contribution in [-0.2, 0) is 6.42 Å². The predicted octanol–water partition coefficient (Wildman–Crippen LogP) is 3.15. The van der Waals surface area contributed by atoms with Crippen molar-refractivity contribution in [2.45, 2.75) is 12.8 Å². The van der Waals surface area contributed by atoms with Gasteiger partial charge in [-0.2, -0.15) is 0 Å². The van der Waals surface area contributed by atoms with Gasteiger partial charge in [0.1, 0.15) is 5.82 Å². The molecule has 0 unspecified atom stereocenters. The molecule has 1 saturated heterocycles. The second-order valence-corrected chi connectivity index (χ2v) is 6.59. The van der Waals surface area contributed by atoms with Gasteiger partial charge in [0, 0.05) is 44.0 Å². The van der Waals surface area contributed by atoms with Crippen LogP contribution in [0.25, 0.3) is 0 Å². The fourth-order valence-corrected chi connectivity index (χ4v) is 3.74. The summed E-state index contributed by atoms with van der Waals surface area (Å²) in [6.07, 6.45) is 2.00. The summed E-state index contributed by atoms with van der Waals surface area (Å²) in [4.78, 5) is 16.9. The van der Waals surface area contributed by atoms with E-state index in [1.807, 2.05) is 34.1 Å². The standard InChI is InChI=1S/C20H22FN3O/c21-17-7-1-2-9-19(17)23-11-13-24(14-12-23)20(25)16-5-3-8-18-15(16)6-4-10-22-18/h1-3,5,7-9,22H,4,6,10-14H2. The van der Waals surface area contributed by atoms with Crippen molar-refractivity contribution in [1.29, 1.82) is 0 Å². The molecule has 25 heavy (non-hydrogen) atoms. The number of hydrogen-bond acceptors (Lipinski definition) is 3. The van der Waals surface area contributed by atoms with Gasteiger partial charge in [0.2, 0.25) is 0 Å². The number of para-hydroxylation sites is 1. The largest absolute Gasteiger partial charge is 0.385 e.